The number of carbonyl (C=O) groups excluding carboxylic acids is 1. The lowest BCUT2D eigenvalue weighted by molar-refractivity contribution is 0.0993. The van der Waals surface area contributed by atoms with Crippen molar-refractivity contribution in [1.29, 1.82) is 0 Å². The molecule has 0 bridgehead atoms. The largest absolute Gasteiger partial charge is 0.294 e. The molecule has 0 saturated heterocycles. The van der Waals surface area contributed by atoms with Crippen LogP contribution >= 0.6 is 0 Å². The quantitative estimate of drug-likeness (QED) is 0.597. The second-order valence-corrected chi connectivity index (χ2v) is 5.87. The third-order valence-corrected chi connectivity index (χ3v) is 3.20. The first-order chi connectivity index (χ1) is 7.30. The highest BCUT2D eigenvalue weighted by Crippen LogP contribution is 2.13. The van der Waals surface area contributed by atoms with E-state index < -0.39 is 9.84 Å². The molecule has 0 radical (unpaired) electrons. The van der Waals surface area contributed by atoms with Crippen molar-refractivity contribution in [3.63, 3.8) is 0 Å². The first-order valence-electron chi connectivity index (χ1n) is 4.78. The zero-order chi connectivity index (χ0) is 12.3. The van der Waals surface area contributed by atoms with Gasteiger partial charge in [-0.1, -0.05) is 24.3 Å². The molecule has 16 heavy (non-hydrogen) atoms. The molecule has 0 unspecified atom stereocenters. The standard InChI is InChI=1S/C12H14O3S/c1-9(2)8-12(13)10-4-6-11(7-5-10)16(3,14)15/h4-7H,1,8H2,2-3H3. The van der Waals surface area contributed by atoms with E-state index in [1.807, 2.05) is 0 Å². The molecule has 0 heterocycles. The molecule has 0 amide bonds. The molecule has 0 aliphatic heterocycles. The molecule has 0 aliphatic carbocycles. The lowest BCUT2D eigenvalue weighted by Gasteiger charge is -2.02. The number of allylic oxidation sites excluding steroid dienone is 1. The van der Waals surface area contributed by atoms with Crippen molar-refractivity contribution in [2.75, 3.05) is 6.26 Å². The summed E-state index contributed by atoms with van der Waals surface area (Å²) in [4.78, 5) is 11.8. The number of rotatable bonds is 4. The number of benzene rings is 1. The molecular formula is C12H14O3S. The third-order valence-electron chi connectivity index (χ3n) is 2.07. The van der Waals surface area contributed by atoms with Crippen LogP contribution in [0.4, 0.5) is 0 Å². The molecule has 0 spiro atoms. The molecule has 4 heteroatoms. The SMILES string of the molecule is C=C(C)CC(=O)c1ccc(S(C)(=O)=O)cc1. The van der Waals surface area contributed by atoms with E-state index in [2.05, 4.69) is 6.58 Å². The van der Waals surface area contributed by atoms with Crippen molar-refractivity contribution in [2.24, 2.45) is 0 Å². The monoisotopic (exact) mass is 238 g/mol. The predicted molar refractivity (Wildman–Crippen MR) is 63.3 cm³/mol. The van der Waals surface area contributed by atoms with Crippen molar-refractivity contribution in [3.8, 4) is 0 Å². The van der Waals surface area contributed by atoms with Gasteiger partial charge in [-0.25, -0.2) is 8.42 Å². The van der Waals surface area contributed by atoms with Gasteiger partial charge in [0, 0.05) is 18.2 Å². The summed E-state index contributed by atoms with van der Waals surface area (Å²) in [7, 11) is -3.20. The van der Waals surface area contributed by atoms with Gasteiger partial charge in [0.05, 0.1) is 4.90 Å². The Morgan fingerprint density at radius 3 is 2.12 bits per heavy atom. The number of ketones is 1. The van der Waals surface area contributed by atoms with Crippen LogP contribution < -0.4 is 0 Å². The number of carbonyl (C=O) groups is 1. The molecule has 0 aromatic heterocycles. The second kappa shape index (κ2) is 4.61. The maximum atomic E-state index is 11.6. The van der Waals surface area contributed by atoms with E-state index in [1.54, 1.807) is 6.92 Å². The second-order valence-electron chi connectivity index (χ2n) is 3.85. The highest BCUT2D eigenvalue weighted by atomic mass is 32.2. The summed E-state index contributed by atoms with van der Waals surface area (Å²) in [6.07, 6.45) is 1.43. The molecule has 0 fully saturated rings. The molecule has 1 aromatic carbocycles. The van der Waals surface area contributed by atoms with Crippen molar-refractivity contribution < 1.29 is 13.2 Å². The minimum atomic E-state index is -3.20. The van der Waals surface area contributed by atoms with Crippen LogP contribution in [0.15, 0.2) is 41.3 Å². The number of sulfone groups is 1. The topological polar surface area (TPSA) is 51.2 Å². The zero-order valence-electron chi connectivity index (χ0n) is 9.36. The maximum absolute atomic E-state index is 11.6. The predicted octanol–water partition coefficient (Wildman–Crippen LogP) is 2.24. The highest BCUT2D eigenvalue weighted by molar-refractivity contribution is 7.90. The molecule has 0 N–H and O–H groups in total. The number of Topliss-reactive ketones (excluding diaryl/α,β-unsaturated/α-hetero) is 1. The first kappa shape index (κ1) is 12.6. The van der Waals surface area contributed by atoms with Gasteiger partial charge >= 0.3 is 0 Å². The number of hydrogen-bond donors (Lipinski definition) is 0. The minimum absolute atomic E-state index is 0.0486. The molecular weight excluding hydrogens is 224 g/mol. The van der Waals surface area contributed by atoms with Crippen molar-refractivity contribution >= 4 is 15.6 Å². The van der Waals surface area contributed by atoms with Crippen LogP contribution in [0.25, 0.3) is 0 Å². The summed E-state index contributed by atoms with van der Waals surface area (Å²) in [5.41, 5.74) is 1.30. The van der Waals surface area contributed by atoms with Gasteiger partial charge in [-0.2, -0.15) is 0 Å². The van der Waals surface area contributed by atoms with Crippen LogP contribution in [0.2, 0.25) is 0 Å². The molecule has 3 nitrogen and oxygen atoms in total. The van der Waals surface area contributed by atoms with Gasteiger partial charge < -0.3 is 0 Å². The Morgan fingerprint density at radius 1 is 1.25 bits per heavy atom. The fourth-order valence-electron chi connectivity index (χ4n) is 1.26. The normalized spacial score (nSPS) is 11.1. The summed E-state index contributed by atoms with van der Waals surface area (Å²) in [6.45, 7) is 5.44. The lowest BCUT2D eigenvalue weighted by atomic mass is 10.1. The molecule has 0 atom stereocenters. The van der Waals surface area contributed by atoms with E-state index in [1.165, 1.54) is 24.3 Å². The van der Waals surface area contributed by atoms with E-state index >= 15 is 0 Å². The van der Waals surface area contributed by atoms with Crippen LogP contribution in [0, 0.1) is 0 Å². The zero-order valence-corrected chi connectivity index (χ0v) is 10.2. The molecule has 1 rings (SSSR count). The number of hydrogen-bond acceptors (Lipinski definition) is 3. The van der Waals surface area contributed by atoms with Crippen molar-refractivity contribution in [2.45, 2.75) is 18.2 Å². The Bertz CT molecular complexity index is 510. The Labute approximate surface area is 95.7 Å². The van der Waals surface area contributed by atoms with Crippen LogP contribution in [0.3, 0.4) is 0 Å². The average Bonchev–Trinajstić information content (AvgIpc) is 2.15. The Balaban J connectivity index is 2.96. The maximum Gasteiger partial charge on any atom is 0.175 e. The summed E-state index contributed by atoms with van der Waals surface area (Å²) in [5.74, 6) is -0.0486. The smallest absolute Gasteiger partial charge is 0.175 e. The summed E-state index contributed by atoms with van der Waals surface area (Å²) >= 11 is 0. The van der Waals surface area contributed by atoms with Gasteiger partial charge in [-0.05, 0) is 19.1 Å². The van der Waals surface area contributed by atoms with E-state index in [4.69, 9.17) is 0 Å². The van der Waals surface area contributed by atoms with Gasteiger partial charge in [0.15, 0.2) is 15.6 Å². The van der Waals surface area contributed by atoms with E-state index in [9.17, 15) is 13.2 Å². The van der Waals surface area contributed by atoms with E-state index in [-0.39, 0.29) is 17.1 Å². The first-order valence-corrected chi connectivity index (χ1v) is 6.67. The van der Waals surface area contributed by atoms with Crippen LogP contribution in [0.5, 0.6) is 0 Å². The molecule has 0 aliphatic rings. The fourth-order valence-corrected chi connectivity index (χ4v) is 1.89. The van der Waals surface area contributed by atoms with Crippen molar-refractivity contribution in [1.82, 2.24) is 0 Å². The fraction of sp³-hybridized carbons (Fsp3) is 0.250. The Kier molecular flexibility index (Phi) is 3.65. The summed E-state index contributed by atoms with van der Waals surface area (Å²) in [5, 5.41) is 0. The van der Waals surface area contributed by atoms with Crippen LogP contribution in [-0.2, 0) is 9.84 Å². The van der Waals surface area contributed by atoms with Crippen LogP contribution in [-0.4, -0.2) is 20.5 Å². The van der Waals surface area contributed by atoms with E-state index in [0.717, 1.165) is 11.8 Å². The van der Waals surface area contributed by atoms with Crippen molar-refractivity contribution in [3.05, 3.63) is 42.0 Å². The van der Waals surface area contributed by atoms with Gasteiger partial charge in [-0.15, -0.1) is 0 Å². The molecule has 86 valence electrons. The Hall–Kier alpha value is -1.42. The average molecular weight is 238 g/mol. The van der Waals surface area contributed by atoms with Gasteiger partial charge in [0.1, 0.15) is 0 Å². The van der Waals surface area contributed by atoms with Gasteiger partial charge in [-0.3, -0.25) is 4.79 Å². The van der Waals surface area contributed by atoms with Gasteiger partial charge in [0.25, 0.3) is 0 Å². The molecule has 0 saturated carbocycles. The Morgan fingerprint density at radius 2 is 1.75 bits per heavy atom. The molecule has 1 aromatic rings. The minimum Gasteiger partial charge on any atom is -0.294 e. The van der Waals surface area contributed by atoms with Crippen LogP contribution in [0.1, 0.15) is 23.7 Å². The lowest BCUT2D eigenvalue weighted by Crippen LogP contribution is -2.01. The third kappa shape index (κ3) is 3.31. The van der Waals surface area contributed by atoms with E-state index in [0.29, 0.717) is 5.56 Å². The highest BCUT2D eigenvalue weighted by Gasteiger charge is 2.09. The van der Waals surface area contributed by atoms with Gasteiger partial charge in [0.2, 0.25) is 0 Å². The summed E-state index contributed by atoms with van der Waals surface area (Å²) < 4.78 is 22.4. The summed E-state index contributed by atoms with van der Waals surface area (Å²) in [6, 6.07) is 5.95.